The first-order valence-corrected chi connectivity index (χ1v) is 8.49. The number of benzene rings is 2. The van der Waals surface area contributed by atoms with Crippen LogP contribution in [0.5, 0.6) is 0 Å². The number of rotatable bonds is 6. The zero-order valence-electron chi connectivity index (χ0n) is 14.6. The molecule has 0 aromatic heterocycles. The molecule has 0 saturated heterocycles. The van der Waals surface area contributed by atoms with Gasteiger partial charge in [0.25, 0.3) is 5.91 Å². The molecule has 1 aliphatic heterocycles. The summed E-state index contributed by atoms with van der Waals surface area (Å²) in [5, 5.41) is 0. The standard InChI is InChI=1S/C20H21N3O3/c1-2-26-20(25)17-13-23(19(24)15-9-5-3-6-10-15)14-18(17)22-21-16-11-7-4-8-12-16/h3-12,21-22H,2,13-14H2,1H3. The molecular formula is C20H21N3O3. The van der Waals surface area contributed by atoms with E-state index in [1.165, 1.54) is 0 Å². The zero-order chi connectivity index (χ0) is 18.4. The van der Waals surface area contributed by atoms with Crippen molar-refractivity contribution >= 4 is 17.6 Å². The van der Waals surface area contributed by atoms with E-state index in [1.54, 1.807) is 24.0 Å². The molecule has 0 bridgehead atoms. The minimum atomic E-state index is -0.409. The second-order valence-electron chi connectivity index (χ2n) is 5.82. The summed E-state index contributed by atoms with van der Waals surface area (Å²) in [6, 6.07) is 18.6. The summed E-state index contributed by atoms with van der Waals surface area (Å²) in [5.41, 5.74) is 8.66. The van der Waals surface area contributed by atoms with Crippen molar-refractivity contribution in [3.05, 3.63) is 77.5 Å². The summed E-state index contributed by atoms with van der Waals surface area (Å²) in [4.78, 5) is 26.6. The molecule has 1 heterocycles. The fourth-order valence-corrected chi connectivity index (χ4v) is 2.73. The van der Waals surface area contributed by atoms with Crippen LogP contribution in [0.15, 0.2) is 71.9 Å². The first-order valence-electron chi connectivity index (χ1n) is 8.49. The second-order valence-corrected chi connectivity index (χ2v) is 5.82. The Morgan fingerprint density at radius 3 is 2.27 bits per heavy atom. The van der Waals surface area contributed by atoms with Gasteiger partial charge in [-0.15, -0.1) is 0 Å². The Morgan fingerprint density at radius 1 is 0.962 bits per heavy atom. The van der Waals surface area contributed by atoms with Crippen LogP contribution in [0, 0.1) is 0 Å². The van der Waals surface area contributed by atoms with Gasteiger partial charge in [0.05, 0.1) is 36.7 Å². The molecule has 0 atom stereocenters. The normalized spacial score (nSPS) is 13.5. The number of hydrogen-bond acceptors (Lipinski definition) is 5. The summed E-state index contributed by atoms with van der Waals surface area (Å²) in [7, 11) is 0. The molecule has 3 rings (SSSR count). The SMILES string of the molecule is CCOC(=O)C1=C(NNc2ccccc2)CN(C(=O)c2ccccc2)C1. The quantitative estimate of drug-likeness (QED) is 0.618. The molecule has 1 aliphatic rings. The average Bonchev–Trinajstić information content (AvgIpc) is 3.12. The van der Waals surface area contributed by atoms with E-state index in [-0.39, 0.29) is 19.1 Å². The molecule has 2 aromatic rings. The molecule has 26 heavy (non-hydrogen) atoms. The van der Waals surface area contributed by atoms with Gasteiger partial charge in [-0.05, 0) is 31.2 Å². The highest BCUT2D eigenvalue weighted by Gasteiger charge is 2.31. The third-order valence-corrected chi connectivity index (χ3v) is 4.02. The molecule has 134 valence electrons. The van der Waals surface area contributed by atoms with Crippen LogP contribution >= 0.6 is 0 Å². The lowest BCUT2D eigenvalue weighted by atomic mass is 10.2. The Labute approximate surface area is 152 Å². The van der Waals surface area contributed by atoms with E-state index >= 15 is 0 Å². The van der Waals surface area contributed by atoms with Crippen molar-refractivity contribution in [3.63, 3.8) is 0 Å². The number of nitrogens with zero attached hydrogens (tertiary/aromatic N) is 1. The van der Waals surface area contributed by atoms with Crippen LogP contribution in [0.1, 0.15) is 17.3 Å². The van der Waals surface area contributed by atoms with Crippen LogP contribution in [0.3, 0.4) is 0 Å². The van der Waals surface area contributed by atoms with E-state index in [0.29, 0.717) is 23.4 Å². The molecule has 6 nitrogen and oxygen atoms in total. The number of carbonyl (C=O) groups is 2. The lowest BCUT2D eigenvalue weighted by Gasteiger charge is -2.17. The van der Waals surface area contributed by atoms with E-state index in [9.17, 15) is 9.59 Å². The summed E-state index contributed by atoms with van der Waals surface area (Å²) in [6.07, 6.45) is 0. The molecule has 0 radical (unpaired) electrons. The van der Waals surface area contributed by atoms with Gasteiger partial charge >= 0.3 is 5.97 Å². The molecule has 2 aromatic carbocycles. The number of carbonyl (C=O) groups excluding carboxylic acids is 2. The molecule has 0 unspecified atom stereocenters. The second kappa shape index (κ2) is 8.20. The molecule has 2 N–H and O–H groups in total. The highest BCUT2D eigenvalue weighted by atomic mass is 16.5. The van der Waals surface area contributed by atoms with Crippen LogP contribution in [-0.4, -0.2) is 36.5 Å². The van der Waals surface area contributed by atoms with Crippen molar-refractivity contribution in [2.75, 3.05) is 25.1 Å². The molecular weight excluding hydrogens is 330 g/mol. The predicted molar refractivity (Wildman–Crippen MR) is 99.2 cm³/mol. The topological polar surface area (TPSA) is 70.7 Å². The van der Waals surface area contributed by atoms with E-state index in [0.717, 1.165) is 5.69 Å². The van der Waals surface area contributed by atoms with Gasteiger partial charge in [0, 0.05) is 5.56 Å². The van der Waals surface area contributed by atoms with E-state index in [4.69, 9.17) is 4.74 Å². The highest BCUT2D eigenvalue weighted by Crippen LogP contribution is 2.20. The fraction of sp³-hybridized carbons (Fsp3) is 0.200. The van der Waals surface area contributed by atoms with Crippen molar-refractivity contribution in [3.8, 4) is 0 Å². The van der Waals surface area contributed by atoms with Crippen molar-refractivity contribution in [2.24, 2.45) is 0 Å². The number of ether oxygens (including phenoxy) is 1. The highest BCUT2D eigenvalue weighted by molar-refractivity contribution is 5.97. The minimum Gasteiger partial charge on any atom is -0.463 e. The molecule has 1 amide bonds. The van der Waals surface area contributed by atoms with Crippen LogP contribution < -0.4 is 10.9 Å². The summed E-state index contributed by atoms with van der Waals surface area (Å²) in [5.74, 6) is -0.530. The Hall–Kier alpha value is -3.28. The Balaban J connectivity index is 1.75. The van der Waals surface area contributed by atoms with Gasteiger partial charge in [0.2, 0.25) is 0 Å². The third-order valence-electron chi connectivity index (χ3n) is 4.02. The number of para-hydroxylation sites is 1. The van der Waals surface area contributed by atoms with Crippen LogP contribution in [0.25, 0.3) is 0 Å². The maximum Gasteiger partial charge on any atom is 0.337 e. The monoisotopic (exact) mass is 351 g/mol. The number of anilines is 1. The van der Waals surface area contributed by atoms with Crippen molar-refractivity contribution in [1.82, 2.24) is 10.3 Å². The predicted octanol–water partition coefficient (Wildman–Crippen LogP) is 2.58. The molecule has 0 saturated carbocycles. The van der Waals surface area contributed by atoms with Crippen LogP contribution in [-0.2, 0) is 9.53 Å². The number of esters is 1. The van der Waals surface area contributed by atoms with E-state index < -0.39 is 5.97 Å². The lowest BCUT2D eigenvalue weighted by Crippen LogP contribution is -2.32. The van der Waals surface area contributed by atoms with Gasteiger partial charge in [-0.1, -0.05) is 36.4 Å². The largest absolute Gasteiger partial charge is 0.463 e. The summed E-state index contributed by atoms with van der Waals surface area (Å²) < 4.78 is 5.14. The van der Waals surface area contributed by atoms with Gasteiger partial charge in [-0.25, -0.2) is 4.79 Å². The smallest absolute Gasteiger partial charge is 0.337 e. The Morgan fingerprint density at radius 2 is 1.62 bits per heavy atom. The van der Waals surface area contributed by atoms with Crippen LogP contribution in [0.4, 0.5) is 5.69 Å². The molecule has 0 aliphatic carbocycles. The zero-order valence-corrected chi connectivity index (χ0v) is 14.6. The van der Waals surface area contributed by atoms with E-state index in [1.807, 2.05) is 48.5 Å². The van der Waals surface area contributed by atoms with E-state index in [2.05, 4.69) is 10.9 Å². The Kier molecular flexibility index (Phi) is 5.53. The van der Waals surface area contributed by atoms with Gasteiger partial charge in [-0.2, -0.15) is 0 Å². The number of hydrazine groups is 1. The van der Waals surface area contributed by atoms with Gasteiger partial charge in [0.15, 0.2) is 0 Å². The van der Waals surface area contributed by atoms with Gasteiger partial charge in [0.1, 0.15) is 0 Å². The Bertz CT molecular complexity index is 804. The van der Waals surface area contributed by atoms with Crippen LogP contribution in [0.2, 0.25) is 0 Å². The molecule has 0 spiro atoms. The number of nitrogens with one attached hydrogen (secondary N) is 2. The lowest BCUT2D eigenvalue weighted by molar-refractivity contribution is -0.138. The minimum absolute atomic E-state index is 0.121. The fourth-order valence-electron chi connectivity index (χ4n) is 2.73. The maximum absolute atomic E-state index is 12.7. The number of amides is 1. The van der Waals surface area contributed by atoms with Crippen molar-refractivity contribution < 1.29 is 14.3 Å². The maximum atomic E-state index is 12.7. The first-order chi connectivity index (χ1) is 12.7. The molecule has 0 fully saturated rings. The summed E-state index contributed by atoms with van der Waals surface area (Å²) >= 11 is 0. The van der Waals surface area contributed by atoms with Crippen molar-refractivity contribution in [1.29, 1.82) is 0 Å². The van der Waals surface area contributed by atoms with Gasteiger partial charge < -0.3 is 20.5 Å². The van der Waals surface area contributed by atoms with Crippen molar-refractivity contribution in [2.45, 2.75) is 6.92 Å². The molecule has 6 heteroatoms. The average molecular weight is 351 g/mol. The first kappa shape index (κ1) is 17.5. The third kappa shape index (κ3) is 4.03. The summed E-state index contributed by atoms with van der Waals surface area (Å²) in [6.45, 7) is 2.57. The number of hydrogen-bond donors (Lipinski definition) is 2. The van der Waals surface area contributed by atoms with Gasteiger partial charge in [-0.3, -0.25) is 4.79 Å².